The zero-order chi connectivity index (χ0) is 13.4. The van der Waals surface area contributed by atoms with Crippen LogP contribution in [-0.4, -0.2) is 25.2 Å². The Balaban J connectivity index is 1.81. The Hall–Kier alpha value is -1.59. The van der Waals surface area contributed by atoms with Gasteiger partial charge in [0.15, 0.2) is 6.61 Å². The average Bonchev–Trinajstić information content (AvgIpc) is 2.83. The molecule has 19 heavy (non-hydrogen) atoms. The normalized spacial score (nSPS) is 27.4. The first-order valence-electron chi connectivity index (χ1n) is 6.57. The van der Waals surface area contributed by atoms with Gasteiger partial charge in [0.05, 0.1) is 18.4 Å². The van der Waals surface area contributed by atoms with Crippen molar-refractivity contribution in [3.05, 3.63) is 23.8 Å². The van der Waals surface area contributed by atoms with Crippen molar-refractivity contribution >= 4 is 11.6 Å². The molecule has 2 heterocycles. The number of anilines is 1. The highest BCUT2D eigenvalue weighted by molar-refractivity contribution is 5.95. The van der Waals surface area contributed by atoms with Crippen LogP contribution in [0.4, 0.5) is 5.69 Å². The molecule has 5 heteroatoms. The number of benzene rings is 1. The molecule has 2 aliphatic heterocycles. The number of hydrogen-bond donors (Lipinski definition) is 2. The summed E-state index contributed by atoms with van der Waals surface area (Å²) >= 11 is 0. The Kier molecular flexibility index (Phi) is 3.16. The predicted molar refractivity (Wildman–Crippen MR) is 71.0 cm³/mol. The molecule has 0 saturated carbocycles. The maximum absolute atomic E-state index is 11.3. The van der Waals surface area contributed by atoms with E-state index in [-0.39, 0.29) is 24.7 Å². The second-order valence-electron chi connectivity index (χ2n) is 5.26. The number of rotatable bonds is 2. The number of nitrogens with two attached hydrogens (primary N) is 1. The Morgan fingerprint density at radius 1 is 1.47 bits per heavy atom. The van der Waals surface area contributed by atoms with Gasteiger partial charge in [0.1, 0.15) is 5.75 Å². The zero-order valence-corrected chi connectivity index (χ0v) is 10.9. The molecule has 0 spiro atoms. The monoisotopic (exact) mass is 262 g/mol. The summed E-state index contributed by atoms with van der Waals surface area (Å²) in [7, 11) is 0. The number of hydrogen-bond acceptors (Lipinski definition) is 4. The van der Waals surface area contributed by atoms with Crippen molar-refractivity contribution in [2.45, 2.75) is 25.5 Å². The lowest BCUT2D eigenvalue weighted by Gasteiger charge is -2.22. The molecule has 1 fully saturated rings. The van der Waals surface area contributed by atoms with E-state index >= 15 is 0 Å². The van der Waals surface area contributed by atoms with Crippen molar-refractivity contribution in [1.29, 1.82) is 0 Å². The smallest absolute Gasteiger partial charge is 0.262 e. The molecule has 1 aromatic rings. The van der Waals surface area contributed by atoms with E-state index in [1.165, 1.54) is 0 Å². The molecule has 3 unspecified atom stereocenters. The van der Waals surface area contributed by atoms with Gasteiger partial charge >= 0.3 is 0 Å². The topological polar surface area (TPSA) is 73.6 Å². The SMILES string of the molecule is CC1CC(C(N)c2ccc3c(c2)NC(=O)CO3)CO1. The Morgan fingerprint density at radius 3 is 3.05 bits per heavy atom. The van der Waals surface area contributed by atoms with Gasteiger partial charge in [-0.3, -0.25) is 4.79 Å². The zero-order valence-electron chi connectivity index (χ0n) is 10.9. The lowest BCUT2D eigenvalue weighted by Crippen LogP contribution is -2.26. The first-order valence-corrected chi connectivity index (χ1v) is 6.57. The molecule has 5 nitrogen and oxygen atoms in total. The van der Waals surface area contributed by atoms with Crippen molar-refractivity contribution in [1.82, 2.24) is 0 Å². The quantitative estimate of drug-likeness (QED) is 0.846. The molecular weight excluding hydrogens is 244 g/mol. The maximum Gasteiger partial charge on any atom is 0.262 e. The molecule has 1 aromatic carbocycles. The third-order valence-corrected chi connectivity index (χ3v) is 3.76. The summed E-state index contributed by atoms with van der Waals surface area (Å²) in [6.07, 6.45) is 1.25. The second-order valence-corrected chi connectivity index (χ2v) is 5.26. The van der Waals surface area contributed by atoms with Gasteiger partial charge in [0, 0.05) is 12.0 Å². The summed E-state index contributed by atoms with van der Waals surface area (Å²) < 4.78 is 10.9. The van der Waals surface area contributed by atoms with E-state index in [0.29, 0.717) is 24.0 Å². The Labute approximate surface area is 112 Å². The largest absolute Gasteiger partial charge is 0.482 e. The van der Waals surface area contributed by atoms with Gasteiger partial charge < -0.3 is 20.5 Å². The molecule has 3 N–H and O–H groups in total. The fourth-order valence-electron chi connectivity index (χ4n) is 2.68. The molecule has 0 aliphatic carbocycles. The fourth-order valence-corrected chi connectivity index (χ4v) is 2.68. The van der Waals surface area contributed by atoms with Gasteiger partial charge in [0.25, 0.3) is 5.91 Å². The first kappa shape index (κ1) is 12.4. The van der Waals surface area contributed by atoms with E-state index in [0.717, 1.165) is 12.0 Å². The van der Waals surface area contributed by atoms with Crippen molar-refractivity contribution in [2.75, 3.05) is 18.5 Å². The van der Waals surface area contributed by atoms with E-state index in [1.54, 1.807) is 0 Å². The van der Waals surface area contributed by atoms with Crippen LogP contribution in [0.1, 0.15) is 24.9 Å². The van der Waals surface area contributed by atoms with E-state index in [4.69, 9.17) is 15.2 Å². The number of ether oxygens (including phenoxy) is 2. The van der Waals surface area contributed by atoms with Gasteiger partial charge in [-0.25, -0.2) is 0 Å². The molecule has 0 aromatic heterocycles. The van der Waals surface area contributed by atoms with Crippen LogP contribution < -0.4 is 15.8 Å². The lowest BCUT2D eigenvalue weighted by molar-refractivity contribution is -0.118. The lowest BCUT2D eigenvalue weighted by atomic mass is 9.91. The summed E-state index contributed by atoms with van der Waals surface area (Å²) in [6, 6.07) is 5.65. The minimum atomic E-state index is -0.129. The van der Waals surface area contributed by atoms with Crippen LogP contribution in [0.5, 0.6) is 5.75 Å². The molecule has 102 valence electrons. The molecule has 0 radical (unpaired) electrons. The van der Waals surface area contributed by atoms with Crippen LogP contribution in [0.3, 0.4) is 0 Å². The van der Waals surface area contributed by atoms with E-state index in [2.05, 4.69) is 12.2 Å². The van der Waals surface area contributed by atoms with E-state index in [9.17, 15) is 4.79 Å². The van der Waals surface area contributed by atoms with Crippen LogP contribution in [0.25, 0.3) is 0 Å². The number of carbonyl (C=O) groups is 1. The number of amides is 1. The van der Waals surface area contributed by atoms with Crippen molar-refractivity contribution < 1.29 is 14.3 Å². The summed E-state index contributed by atoms with van der Waals surface area (Å²) in [5, 5.41) is 2.80. The molecule has 0 bridgehead atoms. The number of carbonyl (C=O) groups excluding carboxylic acids is 1. The minimum Gasteiger partial charge on any atom is -0.482 e. The highest BCUT2D eigenvalue weighted by Gasteiger charge is 2.29. The van der Waals surface area contributed by atoms with Crippen molar-refractivity contribution in [3.8, 4) is 5.75 Å². The molecular formula is C14H18N2O3. The van der Waals surface area contributed by atoms with Crippen LogP contribution >= 0.6 is 0 Å². The fraction of sp³-hybridized carbons (Fsp3) is 0.500. The van der Waals surface area contributed by atoms with Crippen LogP contribution in [0.15, 0.2) is 18.2 Å². The highest BCUT2D eigenvalue weighted by Crippen LogP contribution is 2.34. The van der Waals surface area contributed by atoms with Gasteiger partial charge in [0.2, 0.25) is 0 Å². The van der Waals surface area contributed by atoms with E-state index in [1.807, 2.05) is 18.2 Å². The number of nitrogens with one attached hydrogen (secondary N) is 1. The third-order valence-electron chi connectivity index (χ3n) is 3.76. The van der Waals surface area contributed by atoms with Crippen LogP contribution in [0, 0.1) is 5.92 Å². The standard InChI is InChI=1S/C14H18N2O3/c1-8-4-10(6-18-8)14(15)9-2-3-12-11(5-9)16-13(17)7-19-12/h2-3,5,8,10,14H,4,6-7,15H2,1H3,(H,16,17). The van der Waals surface area contributed by atoms with Gasteiger partial charge in [-0.15, -0.1) is 0 Å². The van der Waals surface area contributed by atoms with Crippen molar-refractivity contribution in [2.24, 2.45) is 11.7 Å². The molecule has 3 atom stereocenters. The van der Waals surface area contributed by atoms with Gasteiger partial charge in [-0.05, 0) is 31.0 Å². The summed E-state index contributed by atoms with van der Waals surface area (Å²) in [5.74, 6) is 0.899. The summed E-state index contributed by atoms with van der Waals surface area (Å²) in [4.78, 5) is 11.3. The summed E-state index contributed by atoms with van der Waals surface area (Å²) in [6.45, 7) is 2.84. The Morgan fingerprint density at radius 2 is 2.32 bits per heavy atom. The Bertz CT molecular complexity index is 503. The van der Waals surface area contributed by atoms with Crippen molar-refractivity contribution in [3.63, 3.8) is 0 Å². The molecule has 2 aliphatic rings. The van der Waals surface area contributed by atoms with Gasteiger partial charge in [-0.1, -0.05) is 6.07 Å². The van der Waals surface area contributed by atoms with Crippen LogP contribution in [0.2, 0.25) is 0 Å². The van der Waals surface area contributed by atoms with E-state index < -0.39 is 0 Å². The molecule has 1 saturated heterocycles. The number of fused-ring (bicyclic) bond motifs is 1. The first-order chi connectivity index (χ1) is 9.13. The average molecular weight is 262 g/mol. The third kappa shape index (κ3) is 2.43. The highest BCUT2D eigenvalue weighted by atomic mass is 16.5. The summed E-state index contributed by atoms with van der Waals surface area (Å²) in [5.41, 5.74) is 8.01. The predicted octanol–water partition coefficient (Wildman–Crippen LogP) is 1.44. The van der Waals surface area contributed by atoms with Gasteiger partial charge in [-0.2, -0.15) is 0 Å². The maximum atomic E-state index is 11.3. The van der Waals surface area contributed by atoms with Crippen LogP contribution in [-0.2, 0) is 9.53 Å². The second kappa shape index (κ2) is 4.83. The molecule has 3 rings (SSSR count). The minimum absolute atomic E-state index is 0.0749. The molecule has 1 amide bonds.